The lowest BCUT2D eigenvalue weighted by Gasteiger charge is -2.26. The first-order valence-corrected chi connectivity index (χ1v) is 7.81. The quantitative estimate of drug-likeness (QED) is 0.588. The number of ether oxygens (including phenoxy) is 2. The Bertz CT molecular complexity index is 488. The first kappa shape index (κ1) is 16.6. The van der Waals surface area contributed by atoms with Gasteiger partial charge in [0.1, 0.15) is 0 Å². The molecule has 0 aliphatic carbocycles. The average Bonchev–Trinajstić information content (AvgIpc) is 2.55. The van der Waals surface area contributed by atoms with E-state index in [1.165, 1.54) is 0 Å². The van der Waals surface area contributed by atoms with Gasteiger partial charge >= 0.3 is 5.97 Å². The van der Waals surface area contributed by atoms with E-state index in [0.29, 0.717) is 17.9 Å². The van der Waals surface area contributed by atoms with Crippen LogP contribution in [0.2, 0.25) is 0 Å². The summed E-state index contributed by atoms with van der Waals surface area (Å²) >= 11 is 0. The summed E-state index contributed by atoms with van der Waals surface area (Å²) < 4.78 is 10.4. The number of esters is 1. The zero-order valence-electron chi connectivity index (χ0n) is 13.1. The lowest BCUT2D eigenvalue weighted by molar-refractivity contribution is 0.0398. The Morgan fingerprint density at radius 2 is 2.18 bits per heavy atom. The number of rotatable bonds is 7. The van der Waals surface area contributed by atoms with E-state index in [1.807, 2.05) is 13.0 Å². The molecule has 122 valence electrons. The number of hydrogen-bond donors (Lipinski definition) is 2. The van der Waals surface area contributed by atoms with Crippen LogP contribution in [-0.2, 0) is 9.47 Å². The molecule has 0 bridgehead atoms. The highest BCUT2D eigenvalue weighted by molar-refractivity contribution is 5.91. The van der Waals surface area contributed by atoms with Crippen molar-refractivity contribution >= 4 is 17.3 Å². The maximum Gasteiger partial charge on any atom is 0.338 e. The molecule has 0 radical (unpaired) electrons. The molecular weight excluding hydrogens is 282 g/mol. The van der Waals surface area contributed by atoms with Crippen molar-refractivity contribution < 1.29 is 14.3 Å². The monoisotopic (exact) mass is 307 g/mol. The van der Waals surface area contributed by atoms with E-state index < -0.39 is 0 Å². The molecule has 1 aliphatic heterocycles. The highest BCUT2D eigenvalue weighted by Crippen LogP contribution is 2.20. The third kappa shape index (κ3) is 4.89. The van der Waals surface area contributed by atoms with E-state index in [0.717, 1.165) is 51.5 Å². The summed E-state index contributed by atoms with van der Waals surface area (Å²) in [5.41, 5.74) is 7.90. The smallest absolute Gasteiger partial charge is 0.338 e. The summed E-state index contributed by atoms with van der Waals surface area (Å²) in [7, 11) is 0. The van der Waals surface area contributed by atoms with Crippen molar-refractivity contribution in [2.24, 2.45) is 0 Å². The van der Waals surface area contributed by atoms with Crippen LogP contribution in [0, 0.1) is 0 Å². The second kappa shape index (κ2) is 8.60. The molecule has 0 spiro atoms. The van der Waals surface area contributed by atoms with Gasteiger partial charge in [0, 0.05) is 26.2 Å². The molecule has 1 saturated heterocycles. The summed E-state index contributed by atoms with van der Waals surface area (Å²) in [5.74, 6) is -0.326. The van der Waals surface area contributed by atoms with Gasteiger partial charge in [0.05, 0.1) is 36.8 Å². The molecule has 0 unspecified atom stereocenters. The van der Waals surface area contributed by atoms with Crippen molar-refractivity contribution in [1.82, 2.24) is 4.90 Å². The molecule has 6 heteroatoms. The van der Waals surface area contributed by atoms with Gasteiger partial charge in [-0.1, -0.05) is 6.92 Å². The topological polar surface area (TPSA) is 76.8 Å². The molecule has 1 aliphatic rings. The zero-order chi connectivity index (χ0) is 15.8. The first-order valence-electron chi connectivity index (χ1n) is 7.81. The fraction of sp³-hybridized carbons (Fsp3) is 0.562. The fourth-order valence-corrected chi connectivity index (χ4v) is 2.30. The van der Waals surface area contributed by atoms with E-state index in [4.69, 9.17) is 15.2 Å². The van der Waals surface area contributed by atoms with E-state index in [2.05, 4.69) is 10.2 Å². The van der Waals surface area contributed by atoms with Gasteiger partial charge in [-0.25, -0.2) is 4.79 Å². The van der Waals surface area contributed by atoms with Crippen LogP contribution in [0.1, 0.15) is 23.7 Å². The molecule has 3 N–H and O–H groups in total. The average molecular weight is 307 g/mol. The molecule has 0 aromatic heterocycles. The number of benzene rings is 1. The Morgan fingerprint density at radius 3 is 2.86 bits per heavy atom. The maximum absolute atomic E-state index is 11.8. The van der Waals surface area contributed by atoms with Crippen molar-refractivity contribution in [3.63, 3.8) is 0 Å². The van der Waals surface area contributed by atoms with E-state index in [9.17, 15) is 4.79 Å². The molecule has 0 atom stereocenters. The number of nitrogens with one attached hydrogen (secondary N) is 1. The van der Waals surface area contributed by atoms with Gasteiger partial charge in [-0.15, -0.1) is 0 Å². The highest BCUT2D eigenvalue weighted by Gasteiger charge is 2.11. The molecule has 1 fully saturated rings. The number of hydrogen-bond acceptors (Lipinski definition) is 6. The number of carbonyl (C=O) groups excluding carboxylic acids is 1. The Hall–Kier alpha value is -1.79. The van der Waals surface area contributed by atoms with Crippen LogP contribution < -0.4 is 11.1 Å². The minimum absolute atomic E-state index is 0.326. The van der Waals surface area contributed by atoms with Crippen molar-refractivity contribution in [2.75, 3.05) is 57.1 Å². The summed E-state index contributed by atoms with van der Waals surface area (Å²) in [5, 5.41) is 3.31. The third-order valence-electron chi connectivity index (χ3n) is 3.57. The summed E-state index contributed by atoms with van der Waals surface area (Å²) in [4.78, 5) is 14.1. The normalized spacial score (nSPS) is 15.5. The van der Waals surface area contributed by atoms with Gasteiger partial charge in [-0.2, -0.15) is 0 Å². The van der Waals surface area contributed by atoms with Crippen LogP contribution in [0.3, 0.4) is 0 Å². The first-order chi connectivity index (χ1) is 10.7. The van der Waals surface area contributed by atoms with Crippen molar-refractivity contribution in [3.8, 4) is 0 Å². The number of nitrogens with two attached hydrogens (primary N) is 1. The largest absolute Gasteiger partial charge is 0.462 e. The number of nitrogens with zero attached hydrogens (tertiary/aromatic N) is 1. The number of morpholine rings is 1. The number of nitrogen functional groups attached to an aromatic ring is 1. The van der Waals surface area contributed by atoms with Gasteiger partial charge < -0.3 is 20.5 Å². The predicted octanol–water partition coefficient (Wildman–Crippen LogP) is 1.58. The van der Waals surface area contributed by atoms with E-state index in [-0.39, 0.29) is 5.97 Å². The summed E-state index contributed by atoms with van der Waals surface area (Å²) in [6, 6.07) is 5.23. The van der Waals surface area contributed by atoms with E-state index >= 15 is 0 Å². The number of anilines is 2. The molecule has 0 saturated carbocycles. The molecule has 1 heterocycles. The number of carbonyl (C=O) groups is 1. The van der Waals surface area contributed by atoms with Crippen molar-refractivity contribution in [3.05, 3.63) is 23.8 Å². The lowest BCUT2D eigenvalue weighted by atomic mass is 10.1. The second-order valence-corrected chi connectivity index (χ2v) is 5.32. The Labute approximate surface area is 131 Å². The van der Waals surface area contributed by atoms with Crippen LogP contribution in [0.15, 0.2) is 18.2 Å². The predicted molar refractivity (Wildman–Crippen MR) is 87.2 cm³/mol. The Morgan fingerprint density at radius 1 is 1.41 bits per heavy atom. The Balaban J connectivity index is 1.82. The van der Waals surface area contributed by atoms with Crippen molar-refractivity contribution in [2.45, 2.75) is 13.3 Å². The van der Waals surface area contributed by atoms with Gasteiger partial charge in [-0.3, -0.25) is 4.90 Å². The molecule has 22 heavy (non-hydrogen) atoms. The van der Waals surface area contributed by atoms with Crippen LogP contribution in [0.25, 0.3) is 0 Å². The van der Waals surface area contributed by atoms with Crippen LogP contribution >= 0.6 is 0 Å². The molecular formula is C16H25N3O3. The van der Waals surface area contributed by atoms with Crippen LogP contribution in [0.4, 0.5) is 11.4 Å². The van der Waals surface area contributed by atoms with Gasteiger partial charge in [-0.05, 0) is 24.6 Å². The Kier molecular flexibility index (Phi) is 6.48. The van der Waals surface area contributed by atoms with Crippen LogP contribution in [-0.4, -0.2) is 56.9 Å². The van der Waals surface area contributed by atoms with Gasteiger partial charge in [0.2, 0.25) is 0 Å². The van der Waals surface area contributed by atoms with Crippen molar-refractivity contribution in [1.29, 1.82) is 0 Å². The third-order valence-corrected chi connectivity index (χ3v) is 3.57. The minimum Gasteiger partial charge on any atom is -0.462 e. The van der Waals surface area contributed by atoms with E-state index in [1.54, 1.807) is 12.1 Å². The summed E-state index contributed by atoms with van der Waals surface area (Å²) in [6.45, 7) is 7.69. The highest BCUT2D eigenvalue weighted by atomic mass is 16.5. The fourth-order valence-electron chi connectivity index (χ4n) is 2.30. The second-order valence-electron chi connectivity index (χ2n) is 5.32. The molecule has 1 aromatic rings. The SMILES string of the molecule is CCCOC(=O)c1ccc(NCCN2CCOCC2)c(N)c1. The molecule has 1 aromatic carbocycles. The molecule has 2 rings (SSSR count). The maximum atomic E-state index is 11.8. The standard InChI is InChI=1S/C16H25N3O3/c1-2-9-22-16(20)13-3-4-15(14(17)12-13)18-5-6-19-7-10-21-11-8-19/h3-4,12,18H,2,5-11,17H2,1H3. The molecule has 6 nitrogen and oxygen atoms in total. The molecule has 0 amide bonds. The van der Waals surface area contributed by atoms with Crippen LogP contribution in [0.5, 0.6) is 0 Å². The lowest BCUT2D eigenvalue weighted by Crippen LogP contribution is -2.39. The van der Waals surface area contributed by atoms with Gasteiger partial charge in [0.15, 0.2) is 0 Å². The summed E-state index contributed by atoms with van der Waals surface area (Å²) in [6.07, 6.45) is 0.808. The minimum atomic E-state index is -0.326. The van der Waals surface area contributed by atoms with Gasteiger partial charge in [0.25, 0.3) is 0 Å². The zero-order valence-corrected chi connectivity index (χ0v) is 13.1.